The Balaban J connectivity index is 1.77. The van der Waals surface area contributed by atoms with Gasteiger partial charge in [0.15, 0.2) is 11.6 Å². The highest BCUT2D eigenvalue weighted by Crippen LogP contribution is 2.33. The molecule has 0 aliphatic carbocycles. The van der Waals surface area contributed by atoms with Crippen molar-refractivity contribution in [3.63, 3.8) is 0 Å². The summed E-state index contributed by atoms with van der Waals surface area (Å²) >= 11 is 0. The molecule has 0 bridgehead atoms. The van der Waals surface area contributed by atoms with Crippen molar-refractivity contribution >= 4 is 22.8 Å². The first-order valence-electron chi connectivity index (χ1n) is 8.01. The minimum absolute atomic E-state index is 0.00863. The smallest absolute Gasteiger partial charge is 0.246 e. The molecule has 0 saturated carbocycles. The van der Waals surface area contributed by atoms with Crippen LogP contribution < -0.4 is 5.32 Å². The van der Waals surface area contributed by atoms with Crippen LogP contribution in [0.1, 0.15) is 17.2 Å². The predicted molar refractivity (Wildman–Crippen MR) is 92.2 cm³/mol. The number of halogens is 2. The van der Waals surface area contributed by atoms with Gasteiger partial charge in [-0.3, -0.25) is 4.79 Å². The highest BCUT2D eigenvalue weighted by molar-refractivity contribution is 5.88. The zero-order chi connectivity index (χ0) is 18.3. The molecule has 0 spiro atoms. The van der Waals surface area contributed by atoms with E-state index in [0.717, 1.165) is 17.5 Å². The molecule has 0 unspecified atom stereocenters. The normalized spacial score (nSPS) is 16.4. The quantitative estimate of drug-likeness (QED) is 0.709. The molecule has 1 aliphatic heterocycles. The second-order valence-corrected chi connectivity index (χ2v) is 6.01. The summed E-state index contributed by atoms with van der Waals surface area (Å²) < 4.78 is 28.0. The summed E-state index contributed by atoms with van der Waals surface area (Å²) in [7, 11) is 0. The lowest BCUT2D eigenvalue weighted by atomic mass is 9.94. The van der Waals surface area contributed by atoms with Crippen molar-refractivity contribution in [2.45, 2.75) is 12.6 Å². The number of anilines is 1. The van der Waals surface area contributed by atoms with Crippen LogP contribution in [0.2, 0.25) is 0 Å². The van der Waals surface area contributed by atoms with Crippen molar-refractivity contribution < 1.29 is 13.6 Å². The second kappa shape index (κ2) is 6.21. The summed E-state index contributed by atoms with van der Waals surface area (Å²) in [4.78, 5) is 24.9. The first-order chi connectivity index (χ1) is 12.6. The highest BCUT2D eigenvalue weighted by atomic mass is 19.2. The van der Waals surface area contributed by atoms with Crippen molar-refractivity contribution in [1.82, 2.24) is 19.9 Å². The maximum atomic E-state index is 14.3. The van der Waals surface area contributed by atoms with E-state index in [2.05, 4.69) is 26.8 Å². The average Bonchev–Trinajstić information content (AvgIpc) is 3.14. The van der Waals surface area contributed by atoms with E-state index in [1.54, 1.807) is 6.20 Å². The fourth-order valence-electron chi connectivity index (χ4n) is 3.24. The first-order valence-corrected chi connectivity index (χ1v) is 8.01. The van der Waals surface area contributed by atoms with Crippen molar-refractivity contribution in [3.8, 4) is 0 Å². The molecular formula is C18H15F2N5O. The highest BCUT2D eigenvalue weighted by Gasteiger charge is 2.31. The van der Waals surface area contributed by atoms with E-state index in [0.29, 0.717) is 17.0 Å². The van der Waals surface area contributed by atoms with Crippen LogP contribution in [0.4, 0.5) is 14.6 Å². The van der Waals surface area contributed by atoms with Crippen LogP contribution in [-0.4, -0.2) is 32.3 Å². The number of H-pyrrole nitrogens is 1. The van der Waals surface area contributed by atoms with Crippen molar-refractivity contribution in [3.05, 3.63) is 66.1 Å². The van der Waals surface area contributed by atoms with Gasteiger partial charge in [-0.05, 0) is 23.8 Å². The van der Waals surface area contributed by atoms with E-state index in [1.165, 1.54) is 17.3 Å². The van der Waals surface area contributed by atoms with Gasteiger partial charge in [0.25, 0.3) is 0 Å². The monoisotopic (exact) mass is 355 g/mol. The summed E-state index contributed by atoms with van der Waals surface area (Å²) in [6.45, 7) is 3.74. The summed E-state index contributed by atoms with van der Waals surface area (Å²) in [6.07, 6.45) is 4.30. The van der Waals surface area contributed by atoms with Crippen LogP contribution in [0, 0.1) is 11.6 Å². The zero-order valence-corrected chi connectivity index (χ0v) is 13.7. The SMILES string of the molecule is C=CC(=O)N1Cc2c(ccc(F)c2F)[C@@H](Nc2ncnc3[nH]ccc23)C1. The number of hydrogen-bond donors (Lipinski definition) is 2. The number of carbonyl (C=O) groups is 1. The summed E-state index contributed by atoms with van der Waals surface area (Å²) in [5.41, 5.74) is 1.41. The molecule has 1 aliphatic rings. The Hall–Kier alpha value is -3.29. The standard InChI is InChI=1S/C18H15F2N5O/c1-2-15(26)25-7-12-10(3-4-13(19)16(12)20)14(8-25)24-18-11-5-6-21-17(11)22-9-23-18/h2-6,9,14H,1,7-8H2,(H2,21,22,23,24)/t14-/m0/s1. The predicted octanol–water partition coefficient (Wildman–Crippen LogP) is 2.92. The van der Waals surface area contributed by atoms with Gasteiger partial charge in [-0.15, -0.1) is 0 Å². The fourth-order valence-corrected chi connectivity index (χ4v) is 3.24. The fraction of sp³-hybridized carbons (Fsp3) is 0.167. The number of aromatic amines is 1. The molecule has 1 aromatic carbocycles. The van der Waals surface area contributed by atoms with Gasteiger partial charge in [-0.1, -0.05) is 12.6 Å². The van der Waals surface area contributed by atoms with E-state index in [4.69, 9.17) is 0 Å². The topological polar surface area (TPSA) is 73.9 Å². The Kier molecular flexibility index (Phi) is 3.87. The van der Waals surface area contributed by atoms with Gasteiger partial charge in [-0.25, -0.2) is 18.7 Å². The second-order valence-electron chi connectivity index (χ2n) is 6.01. The molecule has 26 heavy (non-hydrogen) atoms. The number of hydrogen-bond acceptors (Lipinski definition) is 4. The number of benzene rings is 1. The van der Waals surface area contributed by atoms with E-state index < -0.39 is 17.7 Å². The minimum atomic E-state index is -0.939. The molecule has 4 rings (SSSR count). The van der Waals surface area contributed by atoms with Crippen LogP contribution in [-0.2, 0) is 11.3 Å². The van der Waals surface area contributed by atoms with Crippen molar-refractivity contribution in [2.24, 2.45) is 0 Å². The number of nitrogens with one attached hydrogen (secondary N) is 2. The molecule has 3 aromatic rings. The first kappa shape index (κ1) is 16.2. The molecule has 2 aromatic heterocycles. The molecule has 0 radical (unpaired) electrons. The summed E-state index contributed by atoms with van der Waals surface area (Å²) in [5, 5.41) is 4.00. The van der Waals surface area contributed by atoms with E-state index in [1.807, 2.05) is 6.07 Å². The lowest BCUT2D eigenvalue weighted by Gasteiger charge is -2.35. The molecule has 3 heterocycles. The van der Waals surface area contributed by atoms with Crippen LogP contribution in [0.25, 0.3) is 11.0 Å². The van der Waals surface area contributed by atoms with Crippen LogP contribution in [0.3, 0.4) is 0 Å². The van der Waals surface area contributed by atoms with Gasteiger partial charge < -0.3 is 15.2 Å². The molecule has 0 fully saturated rings. The Morgan fingerprint density at radius 2 is 2.19 bits per heavy atom. The van der Waals surface area contributed by atoms with E-state index in [-0.39, 0.29) is 24.6 Å². The lowest BCUT2D eigenvalue weighted by Crippen LogP contribution is -2.40. The number of amides is 1. The third-order valence-corrected chi connectivity index (χ3v) is 4.51. The van der Waals surface area contributed by atoms with Gasteiger partial charge >= 0.3 is 0 Å². The third-order valence-electron chi connectivity index (χ3n) is 4.51. The Labute approximate surface area is 147 Å². The van der Waals surface area contributed by atoms with Gasteiger partial charge in [-0.2, -0.15) is 0 Å². The number of rotatable bonds is 3. The van der Waals surface area contributed by atoms with Crippen molar-refractivity contribution in [1.29, 1.82) is 0 Å². The minimum Gasteiger partial charge on any atom is -0.361 e. The van der Waals surface area contributed by atoms with Crippen LogP contribution in [0.15, 0.2) is 43.4 Å². The molecule has 132 valence electrons. The number of nitrogens with zero attached hydrogens (tertiary/aromatic N) is 3. The molecule has 0 saturated heterocycles. The number of fused-ring (bicyclic) bond motifs is 2. The van der Waals surface area contributed by atoms with Crippen LogP contribution >= 0.6 is 0 Å². The van der Waals surface area contributed by atoms with E-state index >= 15 is 0 Å². The average molecular weight is 355 g/mol. The molecule has 2 N–H and O–H groups in total. The number of aromatic nitrogens is 3. The molecule has 6 nitrogen and oxygen atoms in total. The van der Waals surface area contributed by atoms with Gasteiger partial charge in [0, 0.05) is 24.8 Å². The van der Waals surface area contributed by atoms with Gasteiger partial charge in [0.05, 0.1) is 11.4 Å². The maximum absolute atomic E-state index is 14.3. The van der Waals surface area contributed by atoms with Crippen LogP contribution in [0.5, 0.6) is 0 Å². The molecule has 1 atom stereocenters. The van der Waals surface area contributed by atoms with Gasteiger partial charge in [0.1, 0.15) is 17.8 Å². The van der Waals surface area contributed by atoms with Gasteiger partial charge in [0.2, 0.25) is 5.91 Å². The summed E-state index contributed by atoms with van der Waals surface area (Å²) in [6, 6.07) is 4.00. The zero-order valence-electron chi connectivity index (χ0n) is 13.7. The van der Waals surface area contributed by atoms with Crippen molar-refractivity contribution in [2.75, 3.05) is 11.9 Å². The number of carbonyl (C=O) groups excluding carboxylic acids is 1. The molecule has 1 amide bonds. The maximum Gasteiger partial charge on any atom is 0.246 e. The Bertz CT molecular complexity index is 1020. The Morgan fingerprint density at radius 3 is 3.00 bits per heavy atom. The van der Waals surface area contributed by atoms with E-state index in [9.17, 15) is 13.6 Å². The third kappa shape index (κ3) is 2.59. The molecule has 8 heteroatoms. The Morgan fingerprint density at radius 1 is 1.35 bits per heavy atom. The lowest BCUT2D eigenvalue weighted by molar-refractivity contribution is -0.127. The summed E-state index contributed by atoms with van der Waals surface area (Å²) in [5.74, 6) is -1.68. The molecular weight excluding hydrogens is 340 g/mol. The largest absolute Gasteiger partial charge is 0.361 e.